The van der Waals surface area contributed by atoms with Gasteiger partial charge in [0.15, 0.2) is 0 Å². The summed E-state index contributed by atoms with van der Waals surface area (Å²) in [7, 11) is 0. The minimum Gasteiger partial charge on any atom is -0.382 e. The van der Waals surface area contributed by atoms with Gasteiger partial charge in [0.05, 0.1) is 6.61 Å². The molecule has 2 aromatic carbocycles. The Labute approximate surface area is 135 Å². The van der Waals surface area contributed by atoms with Gasteiger partial charge in [-0.1, -0.05) is 60.1 Å². The lowest BCUT2D eigenvalue weighted by atomic mass is 9.82. The zero-order valence-corrected chi connectivity index (χ0v) is 13.1. The van der Waals surface area contributed by atoms with Gasteiger partial charge in [0, 0.05) is 24.5 Å². The number of hydrogen-bond acceptors (Lipinski definition) is 3. The summed E-state index contributed by atoms with van der Waals surface area (Å²) >= 11 is 6.29. The summed E-state index contributed by atoms with van der Waals surface area (Å²) in [4.78, 5) is 0. The maximum absolute atomic E-state index is 11.5. The number of ether oxygens (including phenoxy) is 1. The van der Waals surface area contributed by atoms with Crippen molar-refractivity contribution < 1.29 is 9.84 Å². The molecule has 2 N–H and O–H groups in total. The predicted molar refractivity (Wildman–Crippen MR) is 88.1 cm³/mol. The average Bonchev–Trinajstić information content (AvgIpc) is 2.58. The van der Waals surface area contributed by atoms with E-state index in [9.17, 15) is 5.11 Å². The van der Waals surface area contributed by atoms with Gasteiger partial charge in [-0.2, -0.15) is 0 Å². The molecule has 0 saturated carbocycles. The number of halogens is 1. The highest BCUT2D eigenvalue weighted by molar-refractivity contribution is 6.31. The van der Waals surface area contributed by atoms with Crippen molar-refractivity contribution in [1.29, 1.82) is 0 Å². The number of hydrogen-bond donors (Lipinski definition) is 2. The van der Waals surface area contributed by atoms with Crippen molar-refractivity contribution in [3.8, 4) is 0 Å². The van der Waals surface area contributed by atoms with E-state index >= 15 is 0 Å². The normalized spacial score (nSPS) is 21.3. The lowest BCUT2D eigenvalue weighted by Crippen LogP contribution is -2.52. The van der Waals surface area contributed by atoms with E-state index in [1.807, 2.05) is 54.6 Å². The van der Waals surface area contributed by atoms with E-state index in [1.165, 1.54) is 0 Å². The SMILES string of the molecule is O[C@](Cc1ccccc1Cl)(c1ccccc1)[C@H]1CNCCO1. The molecule has 1 saturated heterocycles. The van der Waals surface area contributed by atoms with E-state index in [0.717, 1.165) is 17.7 Å². The van der Waals surface area contributed by atoms with E-state index in [-0.39, 0.29) is 6.10 Å². The van der Waals surface area contributed by atoms with Crippen LogP contribution in [0.3, 0.4) is 0 Å². The Hall–Kier alpha value is -1.39. The van der Waals surface area contributed by atoms with Crippen LogP contribution in [-0.4, -0.2) is 30.9 Å². The Balaban J connectivity index is 1.97. The second kappa shape index (κ2) is 6.80. The molecular weight excluding hydrogens is 298 g/mol. The largest absolute Gasteiger partial charge is 0.382 e. The highest BCUT2D eigenvalue weighted by Crippen LogP contribution is 2.33. The first-order valence-electron chi connectivity index (χ1n) is 7.54. The zero-order chi connectivity index (χ0) is 15.4. The molecular formula is C18H20ClNO2. The second-order valence-corrected chi connectivity index (χ2v) is 6.03. The molecule has 3 rings (SSSR count). The summed E-state index contributed by atoms with van der Waals surface area (Å²) in [5.74, 6) is 0. The average molecular weight is 318 g/mol. The third-order valence-electron chi connectivity index (χ3n) is 4.15. The van der Waals surface area contributed by atoms with E-state index in [1.54, 1.807) is 0 Å². The van der Waals surface area contributed by atoms with Crippen molar-refractivity contribution in [1.82, 2.24) is 5.32 Å². The van der Waals surface area contributed by atoms with Crippen LogP contribution < -0.4 is 5.32 Å². The smallest absolute Gasteiger partial charge is 0.121 e. The second-order valence-electron chi connectivity index (χ2n) is 5.62. The Bertz CT molecular complexity index is 613. The van der Waals surface area contributed by atoms with Crippen LogP contribution in [0, 0.1) is 0 Å². The molecule has 0 aliphatic carbocycles. The van der Waals surface area contributed by atoms with Crippen LogP contribution in [0.4, 0.5) is 0 Å². The lowest BCUT2D eigenvalue weighted by Gasteiger charge is -2.39. The predicted octanol–water partition coefficient (Wildman–Crippen LogP) is 2.76. The lowest BCUT2D eigenvalue weighted by molar-refractivity contribution is -0.124. The van der Waals surface area contributed by atoms with Gasteiger partial charge in [-0.3, -0.25) is 0 Å². The molecule has 1 aliphatic rings. The molecule has 0 amide bonds. The Kier molecular flexibility index (Phi) is 4.79. The van der Waals surface area contributed by atoms with E-state index in [4.69, 9.17) is 16.3 Å². The van der Waals surface area contributed by atoms with Gasteiger partial charge in [-0.25, -0.2) is 0 Å². The van der Waals surface area contributed by atoms with E-state index < -0.39 is 5.60 Å². The van der Waals surface area contributed by atoms with Gasteiger partial charge in [0.1, 0.15) is 11.7 Å². The summed E-state index contributed by atoms with van der Waals surface area (Å²) < 4.78 is 5.85. The summed E-state index contributed by atoms with van der Waals surface area (Å²) in [5.41, 5.74) is 0.660. The maximum atomic E-state index is 11.5. The van der Waals surface area contributed by atoms with Gasteiger partial charge < -0.3 is 15.2 Å². The number of nitrogens with one attached hydrogen (secondary N) is 1. The minimum atomic E-state index is -1.11. The first-order chi connectivity index (χ1) is 10.7. The fourth-order valence-electron chi connectivity index (χ4n) is 2.93. The van der Waals surface area contributed by atoms with Crippen molar-refractivity contribution in [3.63, 3.8) is 0 Å². The first-order valence-corrected chi connectivity index (χ1v) is 7.91. The molecule has 116 valence electrons. The van der Waals surface area contributed by atoms with Crippen molar-refractivity contribution >= 4 is 11.6 Å². The number of rotatable bonds is 4. The quantitative estimate of drug-likeness (QED) is 0.911. The summed E-state index contributed by atoms with van der Waals surface area (Å²) in [6, 6.07) is 17.3. The molecule has 4 heteroatoms. The molecule has 2 aromatic rings. The molecule has 3 nitrogen and oxygen atoms in total. The fourth-order valence-corrected chi connectivity index (χ4v) is 3.14. The van der Waals surface area contributed by atoms with Crippen LogP contribution in [0.5, 0.6) is 0 Å². The molecule has 0 spiro atoms. The Morgan fingerprint density at radius 1 is 1.14 bits per heavy atom. The number of morpholine rings is 1. The highest BCUT2D eigenvalue weighted by atomic mass is 35.5. The summed E-state index contributed by atoms with van der Waals surface area (Å²) in [5, 5.41) is 15.4. The van der Waals surface area contributed by atoms with Crippen molar-refractivity contribution in [3.05, 3.63) is 70.7 Å². The van der Waals surface area contributed by atoms with Gasteiger partial charge in [-0.15, -0.1) is 0 Å². The summed E-state index contributed by atoms with van der Waals surface area (Å²) in [6.07, 6.45) is 0.114. The van der Waals surface area contributed by atoms with Crippen LogP contribution >= 0.6 is 11.6 Å². The van der Waals surface area contributed by atoms with Crippen molar-refractivity contribution in [2.75, 3.05) is 19.7 Å². The van der Waals surface area contributed by atoms with Crippen LogP contribution in [0.15, 0.2) is 54.6 Å². The zero-order valence-electron chi connectivity index (χ0n) is 12.3. The third kappa shape index (κ3) is 3.18. The first kappa shape index (κ1) is 15.5. The number of aliphatic hydroxyl groups is 1. The summed E-state index contributed by atoms with van der Waals surface area (Å²) in [6.45, 7) is 2.03. The molecule has 0 radical (unpaired) electrons. The van der Waals surface area contributed by atoms with Gasteiger partial charge in [0.2, 0.25) is 0 Å². The van der Waals surface area contributed by atoms with E-state index in [0.29, 0.717) is 24.6 Å². The van der Waals surface area contributed by atoms with Crippen LogP contribution in [0.2, 0.25) is 5.02 Å². The minimum absolute atomic E-state index is 0.306. The molecule has 2 atom stereocenters. The van der Waals surface area contributed by atoms with Crippen LogP contribution in [0.25, 0.3) is 0 Å². The van der Waals surface area contributed by atoms with Gasteiger partial charge in [0.25, 0.3) is 0 Å². The van der Waals surface area contributed by atoms with Crippen molar-refractivity contribution in [2.24, 2.45) is 0 Å². The Morgan fingerprint density at radius 3 is 2.55 bits per heavy atom. The maximum Gasteiger partial charge on any atom is 0.121 e. The standard InChI is InChI=1S/C18H20ClNO2/c19-16-9-5-4-6-14(16)12-18(21,15-7-2-1-3-8-15)17-13-20-10-11-22-17/h1-9,17,20-21H,10-13H2/t17-,18-/m1/s1. The van der Waals surface area contributed by atoms with Gasteiger partial charge in [-0.05, 0) is 17.2 Å². The van der Waals surface area contributed by atoms with Crippen LogP contribution in [-0.2, 0) is 16.8 Å². The molecule has 1 heterocycles. The highest BCUT2D eigenvalue weighted by Gasteiger charge is 2.40. The molecule has 1 aliphatic heterocycles. The molecule has 0 bridgehead atoms. The molecule has 1 fully saturated rings. The fraction of sp³-hybridized carbons (Fsp3) is 0.333. The number of benzene rings is 2. The van der Waals surface area contributed by atoms with Crippen molar-refractivity contribution in [2.45, 2.75) is 18.1 Å². The Morgan fingerprint density at radius 2 is 1.86 bits per heavy atom. The van der Waals surface area contributed by atoms with Crippen LogP contribution in [0.1, 0.15) is 11.1 Å². The molecule has 0 aromatic heterocycles. The monoisotopic (exact) mass is 317 g/mol. The molecule has 22 heavy (non-hydrogen) atoms. The van der Waals surface area contributed by atoms with E-state index in [2.05, 4.69) is 5.32 Å². The topological polar surface area (TPSA) is 41.5 Å². The molecule has 0 unspecified atom stereocenters. The van der Waals surface area contributed by atoms with Gasteiger partial charge >= 0.3 is 0 Å². The third-order valence-corrected chi connectivity index (χ3v) is 4.52.